The summed E-state index contributed by atoms with van der Waals surface area (Å²) < 4.78 is 0. The van der Waals surface area contributed by atoms with Gasteiger partial charge in [0.1, 0.15) is 0 Å². The highest BCUT2D eigenvalue weighted by Crippen LogP contribution is 2.35. The summed E-state index contributed by atoms with van der Waals surface area (Å²) in [4.78, 5) is 29.9. The molecule has 2 heterocycles. The number of nitrogens with zero attached hydrogens (tertiary/aromatic N) is 4. The van der Waals surface area contributed by atoms with Gasteiger partial charge in [-0.2, -0.15) is 0 Å². The van der Waals surface area contributed by atoms with E-state index in [1.165, 1.54) is 11.8 Å². The number of thioether (sulfide) groups is 1. The average Bonchev–Trinajstić information content (AvgIpc) is 3.18. The molecule has 7 heteroatoms. The first-order valence-corrected chi connectivity index (χ1v) is 12.1. The lowest BCUT2D eigenvalue weighted by Gasteiger charge is -2.20. The Labute approximate surface area is 196 Å². The van der Waals surface area contributed by atoms with Crippen LogP contribution in [0, 0.1) is 20.8 Å². The van der Waals surface area contributed by atoms with E-state index in [1.807, 2.05) is 75.4 Å². The molecule has 0 bridgehead atoms. The highest BCUT2D eigenvalue weighted by atomic mass is 32.2. The summed E-state index contributed by atoms with van der Waals surface area (Å²) in [6.07, 6.45) is 0. The fraction of sp³-hybridized carbons (Fsp3) is 0.200. The molecule has 0 N–H and O–H groups in total. The summed E-state index contributed by atoms with van der Waals surface area (Å²) >= 11 is 2.91. The van der Waals surface area contributed by atoms with E-state index >= 15 is 0 Å². The molecule has 0 unspecified atom stereocenters. The zero-order valence-electron chi connectivity index (χ0n) is 18.3. The van der Waals surface area contributed by atoms with Gasteiger partial charge in [0.15, 0.2) is 10.3 Å². The summed E-state index contributed by atoms with van der Waals surface area (Å²) in [5.41, 5.74) is 4.89. The predicted molar refractivity (Wildman–Crippen MR) is 132 cm³/mol. The van der Waals surface area contributed by atoms with Crippen LogP contribution in [-0.4, -0.2) is 26.6 Å². The molecule has 4 rings (SSSR count). The van der Waals surface area contributed by atoms with Crippen LogP contribution in [0.2, 0.25) is 0 Å². The Morgan fingerprint density at radius 2 is 1.53 bits per heavy atom. The van der Waals surface area contributed by atoms with E-state index < -0.39 is 0 Å². The normalized spacial score (nSPS) is 10.8. The minimum Gasteiger partial charge on any atom is -0.283 e. The zero-order chi connectivity index (χ0) is 22.5. The summed E-state index contributed by atoms with van der Waals surface area (Å²) in [5, 5.41) is 1.33. The van der Waals surface area contributed by atoms with Gasteiger partial charge in [0, 0.05) is 11.4 Å². The van der Waals surface area contributed by atoms with Crippen LogP contribution in [-0.2, 0) is 11.3 Å². The number of anilines is 1. The highest BCUT2D eigenvalue weighted by Gasteiger charge is 2.22. The van der Waals surface area contributed by atoms with Crippen molar-refractivity contribution in [2.45, 2.75) is 32.5 Å². The van der Waals surface area contributed by atoms with Crippen molar-refractivity contribution in [3.8, 4) is 10.4 Å². The first-order valence-electron chi connectivity index (χ1n) is 10.3. The van der Waals surface area contributed by atoms with Crippen LogP contribution < -0.4 is 4.90 Å². The SMILES string of the molecule is Cc1cc(C)nc(SCC(=O)N(Cc2ccccc2)c2nc(C)c(-c3ccccc3)s2)n1. The van der Waals surface area contributed by atoms with Crippen molar-refractivity contribution in [2.75, 3.05) is 10.7 Å². The van der Waals surface area contributed by atoms with Gasteiger partial charge in [-0.3, -0.25) is 9.69 Å². The Balaban J connectivity index is 1.61. The number of thiazole rings is 1. The Kier molecular flexibility index (Phi) is 6.97. The van der Waals surface area contributed by atoms with Crippen molar-refractivity contribution in [3.63, 3.8) is 0 Å². The van der Waals surface area contributed by atoms with Crippen LogP contribution in [0.3, 0.4) is 0 Å². The van der Waals surface area contributed by atoms with E-state index in [1.54, 1.807) is 16.2 Å². The molecule has 0 spiro atoms. The molecule has 2 aromatic carbocycles. The Hall–Kier alpha value is -3.03. The van der Waals surface area contributed by atoms with Gasteiger partial charge in [0.05, 0.1) is 22.9 Å². The zero-order valence-corrected chi connectivity index (χ0v) is 19.9. The summed E-state index contributed by atoms with van der Waals surface area (Å²) in [6, 6.07) is 22.1. The smallest absolute Gasteiger partial charge is 0.239 e. The molecular weight excluding hydrogens is 436 g/mol. The molecule has 2 aromatic heterocycles. The molecule has 0 radical (unpaired) electrons. The number of carbonyl (C=O) groups excluding carboxylic acids is 1. The van der Waals surface area contributed by atoms with E-state index in [2.05, 4.69) is 22.1 Å². The maximum absolute atomic E-state index is 13.4. The minimum atomic E-state index is -0.0185. The maximum atomic E-state index is 13.4. The van der Waals surface area contributed by atoms with Crippen molar-refractivity contribution >= 4 is 34.1 Å². The predicted octanol–water partition coefficient (Wildman–Crippen LogP) is 5.85. The fourth-order valence-corrected chi connectivity index (χ4v) is 5.26. The van der Waals surface area contributed by atoms with Gasteiger partial charge in [0.2, 0.25) is 5.91 Å². The van der Waals surface area contributed by atoms with Gasteiger partial charge in [-0.25, -0.2) is 15.0 Å². The largest absolute Gasteiger partial charge is 0.283 e. The second kappa shape index (κ2) is 10.1. The molecule has 1 amide bonds. The van der Waals surface area contributed by atoms with Crippen LogP contribution in [0.15, 0.2) is 71.9 Å². The van der Waals surface area contributed by atoms with Gasteiger partial charge in [-0.15, -0.1) is 0 Å². The summed E-state index contributed by atoms with van der Waals surface area (Å²) in [6.45, 7) is 6.33. The van der Waals surface area contributed by atoms with Crippen LogP contribution in [0.25, 0.3) is 10.4 Å². The molecule has 0 aliphatic heterocycles. The van der Waals surface area contributed by atoms with Gasteiger partial charge in [0.25, 0.3) is 0 Å². The Morgan fingerprint density at radius 1 is 0.906 bits per heavy atom. The molecule has 0 atom stereocenters. The second-order valence-corrected chi connectivity index (χ2v) is 9.38. The number of amides is 1. The fourth-order valence-electron chi connectivity index (χ4n) is 3.35. The van der Waals surface area contributed by atoms with E-state index in [0.717, 1.165) is 33.1 Å². The molecular formula is C25H24N4OS2. The third kappa shape index (κ3) is 5.41. The molecule has 0 aliphatic rings. The van der Waals surface area contributed by atoms with Crippen LogP contribution in [0.5, 0.6) is 0 Å². The van der Waals surface area contributed by atoms with E-state index in [4.69, 9.17) is 4.98 Å². The highest BCUT2D eigenvalue weighted by molar-refractivity contribution is 7.99. The molecule has 0 saturated heterocycles. The lowest BCUT2D eigenvalue weighted by atomic mass is 10.2. The summed E-state index contributed by atoms with van der Waals surface area (Å²) in [7, 11) is 0. The van der Waals surface area contributed by atoms with Crippen molar-refractivity contribution < 1.29 is 4.79 Å². The van der Waals surface area contributed by atoms with Crippen LogP contribution >= 0.6 is 23.1 Å². The molecule has 0 aliphatic carbocycles. The topological polar surface area (TPSA) is 59.0 Å². The van der Waals surface area contributed by atoms with Gasteiger partial charge in [-0.1, -0.05) is 83.8 Å². The van der Waals surface area contributed by atoms with Crippen molar-refractivity contribution in [2.24, 2.45) is 0 Å². The number of hydrogen-bond acceptors (Lipinski definition) is 6. The third-order valence-electron chi connectivity index (χ3n) is 4.82. The minimum absolute atomic E-state index is 0.0185. The van der Waals surface area contributed by atoms with Crippen molar-refractivity contribution in [3.05, 3.63) is 89.4 Å². The standard InChI is InChI=1S/C25H24N4OS2/c1-17-14-18(2)27-24(26-17)31-16-22(30)29(15-20-10-6-4-7-11-20)25-28-19(3)23(32-25)21-12-8-5-9-13-21/h4-14H,15-16H2,1-3H3. The number of rotatable bonds is 7. The quantitative estimate of drug-likeness (QED) is 0.256. The van der Waals surface area contributed by atoms with E-state index in [9.17, 15) is 4.79 Å². The Bertz CT molecular complexity index is 1190. The lowest BCUT2D eigenvalue weighted by Crippen LogP contribution is -2.32. The first kappa shape index (κ1) is 22.2. The number of hydrogen-bond donors (Lipinski definition) is 0. The molecule has 0 fully saturated rings. The first-order chi connectivity index (χ1) is 15.5. The van der Waals surface area contributed by atoms with E-state index in [-0.39, 0.29) is 11.7 Å². The molecule has 5 nitrogen and oxygen atoms in total. The molecule has 32 heavy (non-hydrogen) atoms. The van der Waals surface area contributed by atoms with Gasteiger partial charge in [-0.05, 0) is 38.0 Å². The second-order valence-electron chi connectivity index (χ2n) is 7.46. The van der Waals surface area contributed by atoms with Crippen LogP contribution in [0.1, 0.15) is 22.6 Å². The van der Waals surface area contributed by atoms with Crippen molar-refractivity contribution in [1.29, 1.82) is 0 Å². The average molecular weight is 461 g/mol. The van der Waals surface area contributed by atoms with Crippen LogP contribution in [0.4, 0.5) is 5.13 Å². The maximum Gasteiger partial charge on any atom is 0.239 e. The number of aromatic nitrogens is 3. The third-order valence-corrected chi connectivity index (χ3v) is 6.88. The molecule has 4 aromatic rings. The number of carbonyl (C=O) groups is 1. The Morgan fingerprint density at radius 3 is 2.19 bits per heavy atom. The monoisotopic (exact) mass is 460 g/mol. The van der Waals surface area contributed by atoms with E-state index in [0.29, 0.717) is 16.8 Å². The molecule has 162 valence electrons. The molecule has 0 saturated carbocycles. The van der Waals surface area contributed by atoms with Gasteiger partial charge < -0.3 is 0 Å². The summed E-state index contributed by atoms with van der Waals surface area (Å²) in [5.74, 6) is 0.227. The number of benzene rings is 2. The lowest BCUT2D eigenvalue weighted by molar-refractivity contribution is -0.116. The number of aryl methyl sites for hydroxylation is 3. The van der Waals surface area contributed by atoms with Crippen molar-refractivity contribution in [1.82, 2.24) is 15.0 Å². The van der Waals surface area contributed by atoms with Gasteiger partial charge >= 0.3 is 0 Å².